The van der Waals surface area contributed by atoms with E-state index in [2.05, 4.69) is 5.32 Å². The molecule has 0 bridgehead atoms. The molecule has 0 fully saturated rings. The molecule has 0 atom stereocenters. The van der Waals surface area contributed by atoms with Crippen molar-refractivity contribution in [3.63, 3.8) is 0 Å². The zero-order valence-electron chi connectivity index (χ0n) is 5.71. The van der Waals surface area contributed by atoms with E-state index >= 15 is 0 Å². The van der Waals surface area contributed by atoms with E-state index in [0.717, 1.165) is 6.54 Å². The first-order chi connectivity index (χ1) is 4.83. The van der Waals surface area contributed by atoms with Gasteiger partial charge in [-0.2, -0.15) is 0 Å². The molecule has 10 heavy (non-hydrogen) atoms. The SMILES string of the molecule is NCCNCCO.[O]=[Ti][OH]. The topological polar surface area (TPSA) is 95.6 Å². The van der Waals surface area contributed by atoms with Crippen molar-refractivity contribution in [2.45, 2.75) is 0 Å². The number of nitrogens with one attached hydrogen (secondary N) is 1. The third-order valence-corrected chi connectivity index (χ3v) is 0.610. The Morgan fingerprint density at radius 2 is 2.00 bits per heavy atom. The van der Waals surface area contributed by atoms with Crippen LogP contribution in [0.15, 0.2) is 0 Å². The third kappa shape index (κ3) is 23.8. The van der Waals surface area contributed by atoms with Crippen LogP contribution in [-0.4, -0.2) is 35.0 Å². The van der Waals surface area contributed by atoms with Crippen molar-refractivity contribution in [3.05, 3.63) is 0 Å². The van der Waals surface area contributed by atoms with Crippen molar-refractivity contribution in [2.24, 2.45) is 5.73 Å². The Morgan fingerprint density at radius 3 is 2.30 bits per heavy atom. The van der Waals surface area contributed by atoms with Crippen LogP contribution in [0.25, 0.3) is 0 Å². The molecule has 0 rings (SSSR count). The molecule has 0 saturated heterocycles. The molecule has 61 valence electrons. The van der Waals surface area contributed by atoms with Crippen molar-refractivity contribution < 1.29 is 31.6 Å². The van der Waals surface area contributed by atoms with E-state index in [1.807, 2.05) is 0 Å². The molecule has 0 radical (unpaired) electrons. The molecule has 0 aliphatic carbocycles. The molecule has 0 unspecified atom stereocenters. The van der Waals surface area contributed by atoms with Crippen molar-refractivity contribution in [1.29, 1.82) is 0 Å². The van der Waals surface area contributed by atoms with Crippen molar-refractivity contribution >= 4 is 0 Å². The second-order valence-corrected chi connectivity index (χ2v) is 1.64. The van der Waals surface area contributed by atoms with Gasteiger partial charge in [0.05, 0.1) is 6.61 Å². The summed E-state index contributed by atoms with van der Waals surface area (Å²) in [6.45, 7) is 2.28. The molecular weight excluding hydrogens is 172 g/mol. The summed E-state index contributed by atoms with van der Waals surface area (Å²) in [7, 11) is 0. The number of aliphatic hydroxyl groups is 1. The Hall–Kier alpha value is 0.354. The average molecular weight is 185 g/mol. The fraction of sp³-hybridized carbons (Fsp3) is 1.00. The van der Waals surface area contributed by atoms with E-state index in [9.17, 15) is 0 Å². The molecule has 0 aromatic rings. The van der Waals surface area contributed by atoms with Gasteiger partial charge in [0.1, 0.15) is 0 Å². The van der Waals surface area contributed by atoms with Crippen molar-refractivity contribution in [1.82, 2.24) is 5.32 Å². The van der Waals surface area contributed by atoms with Gasteiger partial charge >= 0.3 is 26.5 Å². The van der Waals surface area contributed by atoms with Crippen LogP contribution in [0.4, 0.5) is 0 Å². The van der Waals surface area contributed by atoms with Crippen LogP contribution in [0.1, 0.15) is 0 Å². The first-order valence-corrected chi connectivity index (χ1v) is 4.20. The van der Waals surface area contributed by atoms with Crippen LogP contribution in [0, 0.1) is 0 Å². The van der Waals surface area contributed by atoms with Crippen LogP contribution < -0.4 is 11.1 Å². The van der Waals surface area contributed by atoms with Crippen LogP contribution in [0.3, 0.4) is 0 Å². The van der Waals surface area contributed by atoms with Gasteiger partial charge in [-0.3, -0.25) is 0 Å². The Morgan fingerprint density at radius 1 is 1.50 bits per heavy atom. The number of rotatable bonds is 4. The van der Waals surface area contributed by atoms with E-state index in [0.29, 0.717) is 13.1 Å². The summed E-state index contributed by atoms with van der Waals surface area (Å²) in [5, 5.41) is 11.1. The van der Waals surface area contributed by atoms with Gasteiger partial charge in [-0.25, -0.2) is 0 Å². The fourth-order valence-corrected chi connectivity index (χ4v) is 0.306. The number of nitrogens with two attached hydrogens (primary N) is 1. The summed E-state index contributed by atoms with van der Waals surface area (Å²) in [4.78, 5) is 0. The van der Waals surface area contributed by atoms with E-state index in [-0.39, 0.29) is 6.61 Å². The minimum absolute atomic E-state index is 0.194. The predicted octanol–water partition coefficient (Wildman–Crippen LogP) is -2.15. The van der Waals surface area contributed by atoms with Gasteiger partial charge < -0.3 is 16.2 Å². The van der Waals surface area contributed by atoms with Crippen LogP contribution in [-0.2, 0) is 22.8 Å². The molecular formula is C4H13N2O3Ti. The Kier molecular flexibility index (Phi) is 21.0. The number of hydrogen-bond donors (Lipinski definition) is 4. The van der Waals surface area contributed by atoms with Gasteiger partial charge in [0.25, 0.3) is 0 Å². The molecule has 0 saturated carbocycles. The summed E-state index contributed by atoms with van der Waals surface area (Å²) in [6, 6.07) is 0. The molecule has 5 nitrogen and oxygen atoms in total. The molecule has 5 N–H and O–H groups in total. The summed E-state index contributed by atoms with van der Waals surface area (Å²) >= 11 is -1.75. The maximum atomic E-state index is 8.61. The van der Waals surface area contributed by atoms with E-state index in [4.69, 9.17) is 17.9 Å². The van der Waals surface area contributed by atoms with Gasteiger partial charge in [0.2, 0.25) is 0 Å². The molecule has 0 aliphatic rings. The second kappa shape index (κ2) is 16.2. The normalized spacial score (nSPS) is 7.50. The molecule has 0 aliphatic heterocycles. The first kappa shape index (κ1) is 13.0. The maximum absolute atomic E-state index is 8.61. The zero-order chi connectivity index (χ0) is 8.24. The quantitative estimate of drug-likeness (QED) is 0.296. The standard InChI is InChI=1S/C4H12N2O.H2O.O.Ti/c5-1-2-6-3-4-7;;;/h6-7H,1-5H2;1H2;;/q;;;+1/p-1. The Labute approximate surface area is 69.3 Å². The molecule has 0 heterocycles. The van der Waals surface area contributed by atoms with Gasteiger partial charge in [0, 0.05) is 19.6 Å². The summed E-state index contributed by atoms with van der Waals surface area (Å²) in [5.41, 5.74) is 5.13. The molecule has 0 aromatic carbocycles. The third-order valence-electron chi connectivity index (χ3n) is 0.610. The summed E-state index contributed by atoms with van der Waals surface area (Å²) < 4.78 is 15.8. The van der Waals surface area contributed by atoms with Crippen LogP contribution in [0.5, 0.6) is 0 Å². The average Bonchev–Trinajstić information content (AvgIpc) is 1.91. The molecule has 0 spiro atoms. The Bertz CT molecular complexity index is 60.5. The summed E-state index contributed by atoms with van der Waals surface area (Å²) in [5.74, 6) is 0. The summed E-state index contributed by atoms with van der Waals surface area (Å²) in [6.07, 6.45) is 0. The number of hydrogen-bond acceptors (Lipinski definition) is 4. The molecule has 0 aromatic heterocycles. The molecule has 6 heteroatoms. The van der Waals surface area contributed by atoms with Crippen LogP contribution >= 0.6 is 0 Å². The van der Waals surface area contributed by atoms with Gasteiger partial charge in [0.15, 0.2) is 0 Å². The van der Waals surface area contributed by atoms with Crippen molar-refractivity contribution in [2.75, 3.05) is 26.2 Å². The van der Waals surface area contributed by atoms with E-state index < -0.39 is 19.5 Å². The zero-order valence-corrected chi connectivity index (χ0v) is 7.27. The van der Waals surface area contributed by atoms with Gasteiger partial charge in [-0.05, 0) is 0 Å². The predicted molar refractivity (Wildman–Crippen MR) is 31.9 cm³/mol. The first-order valence-electron chi connectivity index (χ1n) is 2.86. The van der Waals surface area contributed by atoms with Crippen LogP contribution in [0.2, 0.25) is 0 Å². The van der Waals surface area contributed by atoms with Gasteiger partial charge in [-0.1, -0.05) is 0 Å². The van der Waals surface area contributed by atoms with E-state index in [1.54, 1.807) is 0 Å². The van der Waals surface area contributed by atoms with Gasteiger partial charge in [-0.15, -0.1) is 0 Å². The molecule has 0 amide bonds. The Balaban J connectivity index is 0. The fourth-order valence-electron chi connectivity index (χ4n) is 0.306. The minimum atomic E-state index is -1.75. The second-order valence-electron chi connectivity index (χ2n) is 1.35. The number of aliphatic hydroxyl groups excluding tert-OH is 1. The van der Waals surface area contributed by atoms with E-state index in [1.165, 1.54) is 0 Å². The monoisotopic (exact) mass is 185 g/mol. The van der Waals surface area contributed by atoms with Crippen molar-refractivity contribution in [3.8, 4) is 0 Å².